The number of aryl methyl sites for hydroxylation is 1. The average molecular weight is 222 g/mol. The highest BCUT2D eigenvalue weighted by molar-refractivity contribution is 5.02. The van der Waals surface area contributed by atoms with Crippen LogP contribution in [0.25, 0.3) is 0 Å². The lowest BCUT2D eigenvalue weighted by Crippen LogP contribution is -2.22. The zero-order valence-electron chi connectivity index (χ0n) is 10.5. The van der Waals surface area contributed by atoms with Crippen molar-refractivity contribution in [2.24, 2.45) is 0 Å². The molecule has 1 aliphatic rings. The van der Waals surface area contributed by atoms with Gasteiger partial charge in [-0.25, -0.2) is 0 Å². The number of nitrogens with zero attached hydrogens (tertiary/aromatic N) is 3. The van der Waals surface area contributed by atoms with Crippen molar-refractivity contribution in [1.29, 1.82) is 0 Å². The van der Waals surface area contributed by atoms with Crippen LogP contribution in [0.15, 0.2) is 0 Å². The van der Waals surface area contributed by atoms with Gasteiger partial charge in [-0.3, -0.25) is 0 Å². The highest BCUT2D eigenvalue weighted by Gasteiger charge is 2.22. The highest BCUT2D eigenvalue weighted by Crippen LogP contribution is 2.30. The predicted molar refractivity (Wildman–Crippen MR) is 64.4 cm³/mol. The van der Waals surface area contributed by atoms with Crippen LogP contribution in [0.5, 0.6) is 0 Å². The van der Waals surface area contributed by atoms with Gasteiger partial charge >= 0.3 is 0 Å². The van der Waals surface area contributed by atoms with Crippen molar-refractivity contribution >= 4 is 0 Å². The Hall–Kier alpha value is -0.900. The normalized spacial score (nSPS) is 19.9. The molecule has 16 heavy (non-hydrogen) atoms. The molecule has 0 radical (unpaired) electrons. The molecule has 90 valence electrons. The molecule has 0 spiro atoms. The van der Waals surface area contributed by atoms with Crippen molar-refractivity contribution in [2.45, 2.75) is 58.0 Å². The van der Waals surface area contributed by atoms with Crippen LogP contribution in [0.2, 0.25) is 0 Å². The van der Waals surface area contributed by atoms with Crippen LogP contribution in [0, 0.1) is 6.92 Å². The smallest absolute Gasteiger partial charge is 0.150 e. The lowest BCUT2D eigenvalue weighted by Gasteiger charge is -2.26. The van der Waals surface area contributed by atoms with Gasteiger partial charge in [-0.05, 0) is 33.7 Å². The highest BCUT2D eigenvalue weighted by atomic mass is 15.3. The van der Waals surface area contributed by atoms with Crippen molar-refractivity contribution in [3.63, 3.8) is 0 Å². The zero-order valence-corrected chi connectivity index (χ0v) is 10.5. The summed E-state index contributed by atoms with van der Waals surface area (Å²) in [5, 5.41) is 11.8. The molecule has 0 saturated heterocycles. The third kappa shape index (κ3) is 2.12. The van der Waals surface area contributed by atoms with Crippen LogP contribution < -0.4 is 5.32 Å². The minimum absolute atomic E-state index is 0.281. The molecular weight excluding hydrogens is 200 g/mol. The second-order valence-electron chi connectivity index (χ2n) is 4.78. The SMILES string of the molecule is CNC(C)c1nnc(C)n1C1CCCCC1. The molecule has 1 fully saturated rings. The van der Waals surface area contributed by atoms with E-state index in [2.05, 4.69) is 33.9 Å². The summed E-state index contributed by atoms with van der Waals surface area (Å²) in [5.74, 6) is 2.15. The lowest BCUT2D eigenvalue weighted by molar-refractivity contribution is 0.334. The first-order chi connectivity index (χ1) is 7.74. The van der Waals surface area contributed by atoms with E-state index in [1.807, 2.05) is 7.05 Å². The summed E-state index contributed by atoms with van der Waals surface area (Å²) in [6.45, 7) is 4.20. The Morgan fingerprint density at radius 3 is 2.56 bits per heavy atom. The van der Waals surface area contributed by atoms with Gasteiger partial charge in [-0.2, -0.15) is 0 Å². The van der Waals surface area contributed by atoms with Crippen LogP contribution in [0.3, 0.4) is 0 Å². The topological polar surface area (TPSA) is 42.7 Å². The standard InChI is InChI=1S/C12H22N4/c1-9(13-3)12-15-14-10(2)16(12)11-7-5-4-6-8-11/h9,11,13H,4-8H2,1-3H3. The summed E-state index contributed by atoms with van der Waals surface area (Å²) in [4.78, 5) is 0. The van der Waals surface area contributed by atoms with Gasteiger partial charge in [0.2, 0.25) is 0 Å². The van der Waals surface area contributed by atoms with E-state index in [0.717, 1.165) is 11.6 Å². The molecule has 1 aromatic rings. The summed E-state index contributed by atoms with van der Waals surface area (Å²) in [5.41, 5.74) is 0. The summed E-state index contributed by atoms with van der Waals surface area (Å²) >= 11 is 0. The summed E-state index contributed by atoms with van der Waals surface area (Å²) in [6.07, 6.45) is 6.63. The molecule has 0 aromatic carbocycles. The van der Waals surface area contributed by atoms with E-state index in [4.69, 9.17) is 0 Å². The van der Waals surface area contributed by atoms with Crippen molar-refractivity contribution in [3.05, 3.63) is 11.6 Å². The number of nitrogens with one attached hydrogen (secondary N) is 1. The lowest BCUT2D eigenvalue weighted by atomic mass is 9.95. The quantitative estimate of drug-likeness (QED) is 0.853. The number of aromatic nitrogens is 3. The van der Waals surface area contributed by atoms with Crippen molar-refractivity contribution in [2.75, 3.05) is 7.05 Å². The van der Waals surface area contributed by atoms with Gasteiger partial charge in [0, 0.05) is 6.04 Å². The molecule has 2 rings (SSSR count). The Balaban J connectivity index is 2.26. The minimum Gasteiger partial charge on any atom is -0.311 e. The monoisotopic (exact) mass is 222 g/mol. The Bertz CT molecular complexity index is 339. The molecule has 1 N–H and O–H groups in total. The Morgan fingerprint density at radius 1 is 1.25 bits per heavy atom. The van der Waals surface area contributed by atoms with Crippen molar-refractivity contribution in [1.82, 2.24) is 20.1 Å². The Morgan fingerprint density at radius 2 is 1.94 bits per heavy atom. The molecule has 1 heterocycles. The molecule has 0 aliphatic heterocycles. The van der Waals surface area contributed by atoms with Gasteiger partial charge in [0.15, 0.2) is 0 Å². The molecule has 0 amide bonds. The first-order valence-electron chi connectivity index (χ1n) is 6.32. The van der Waals surface area contributed by atoms with Gasteiger partial charge in [-0.15, -0.1) is 10.2 Å². The molecule has 0 bridgehead atoms. The van der Waals surface area contributed by atoms with Gasteiger partial charge < -0.3 is 9.88 Å². The maximum atomic E-state index is 4.31. The van der Waals surface area contributed by atoms with E-state index in [-0.39, 0.29) is 6.04 Å². The maximum Gasteiger partial charge on any atom is 0.150 e. The van der Waals surface area contributed by atoms with E-state index in [1.165, 1.54) is 32.1 Å². The first-order valence-corrected chi connectivity index (χ1v) is 6.32. The van der Waals surface area contributed by atoms with E-state index in [1.54, 1.807) is 0 Å². The van der Waals surface area contributed by atoms with E-state index < -0.39 is 0 Å². The van der Waals surface area contributed by atoms with E-state index in [0.29, 0.717) is 6.04 Å². The average Bonchev–Trinajstić information content (AvgIpc) is 2.71. The summed E-state index contributed by atoms with van der Waals surface area (Å²) in [7, 11) is 1.97. The molecular formula is C12H22N4. The Kier molecular flexibility index (Phi) is 3.59. The first kappa shape index (κ1) is 11.6. The van der Waals surface area contributed by atoms with Gasteiger partial charge in [0.05, 0.1) is 6.04 Å². The maximum absolute atomic E-state index is 4.31. The molecule has 1 atom stereocenters. The van der Waals surface area contributed by atoms with Crippen molar-refractivity contribution in [3.8, 4) is 0 Å². The number of hydrogen-bond donors (Lipinski definition) is 1. The fourth-order valence-electron chi connectivity index (χ4n) is 2.60. The van der Waals surface area contributed by atoms with Crippen LogP contribution in [-0.4, -0.2) is 21.8 Å². The molecule has 1 saturated carbocycles. The summed E-state index contributed by atoms with van der Waals surface area (Å²) < 4.78 is 2.35. The molecule has 1 aromatic heterocycles. The van der Waals surface area contributed by atoms with Crippen LogP contribution in [0.4, 0.5) is 0 Å². The Labute approximate surface area is 97.5 Å². The fourth-order valence-corrected chi connectivity index (χ4v) is 2.60. The summed E-state index contributed by atoms with van der Waals surface area (Å²) in [6, 6.07) is 0.901. The van der Waals surface area contributed by atoms with Gasteiger partial charge in [0.25, 0.3) is 0 Å². The zero-order chi connectivity index (χ0) is 11.5. The molecule has 1 unspecified atom stereocenters. The second-order valence-corrected chi connectivity index (χ2v) is 4.78. The molecule has 1 aliphatic carbocycles. The van der Waals surface area contributed by atoms with Gasteiger partial charge in [0.1, 0.15) is 11.6 Å². The van der Waals surface area contributed by atoms with E-state index >= 15 is 0 Å². The minimum atomic E-state index is 0.281. The van der Waals surface area contributed by atoms with Crippen LogP contribution in [-0.2, 0) is 0 Å². The third-order valence-corrected chi connectivity index (χ3v) is 3.65. The predicted octanol–water partition coefficient (Wildman–Crippen LogP) is 2.37. The molecule has 4 heteroatoms. The largest absolute Gasteiger partial charge is 0.311 e. The third-order valence-electron chi connectivity index (χ3n) is 3.65. The second kappa shape index (κ2) is 4.95. The van der Waals surface area contributed by atoms with Crippen molar-refractivity contribution < 1.29 is 0 Å². The van der Waals surface area contributed by atoms with Gasteiger partial charge in [-0.1, -0.05) is 19.3 Å². The van der Waals surface area contributed by atoms with Crippen LogP contribution >= 0.6 is 0 Å². The van der Waals surface area contributed by atoms with Crippen LogP contribution in [0.1, 0.15) is 62.8 Å². The fraction of sp³-hybridized carbons (Fsp3) is 0.833. The van der Waals surface area contributed by atoms with E-state index in [9.17, 15) is 0 Å². The number of hydrogen-bond acceptors (Lipinski definition) is 3. The molecule has 4 nitrogen and oxygen atoms in total. The number of rotatable bonds is 3.